The van der Waals surface area contributed by atoms with E-state index in [0.29, 0.717) is 18.4 Å². The number of rotatable bonds is 2. The first-order valence-electron chi connectivity index (χ1n) is 7.61. The highest BCUT2D eigenvalue weighted by atomic mass is 17.2. The van der Waals surface area contributed by atoms with Gasteiger partial charge in [0.1, 0.15) is 5.60 Å². The molecule has 2 bridgehead atoms. The standard InChI is InChI=1S/C15H24O5/c1-9-4-5-12(10(2)13(16)17)15-8-18-14(3,19-20-15)7-6-11(9)15/h9-12H,4-8H2,1-3H3,(H,16,17)/t9-,10-,11?,12+,14+,15-/m1/s1. The Labute approximate surface area is 119 Å². The molecule has 1 spiro atoms. The number of fused-ring (bicyclic) bond motifs is 3. The highest BCUT2D eigenvalue weighted by Crippen LogP contribution is 2.55. The van der Waals surface area contributed by atoms with Crippen LogP contribution in [0.3, 0.4) is 0 Å². The van der Waals surface area contributed by atoms with E-state index in [9.17, 15) is 9.90 Å². The molecule has 1 N–H and O–H groups in total. The molecule has 0 amide bonds. The monoisotopic (exact) mass is 284 g/mol. The van der Waals surface area contributed by atoms with Crippen LogP contribution < -0.4 is 0 Å². The van der Waals surface area contributed by atoms with E-state index in [2.05, 4.69) is 6.92 Å². The third-order valence-corrected chi connectivity index (χ3v) is 5.75. The van der Waals surface area contributed by atoms with E-state index >= 15 is 0 Å². The Kier molecular flexibility index (Phi) is 3.35. The van der Waals surface area contributed by atoms with Gasteiger partial charge in [-0.25, -0.2) is 9.78 Å². The van der Waals surface area contributed by atoms with Crippen molar-refractivity contribution in [3.05, 3.63) is 0 Å². The fraction of sp³-hybridized carbons (Fsp3) is 0.933. The summed E-state index contributed by atoms with van der Waals surface area (Å²) in [7, 11) is 0. The summed E-state index contributed by atoms with van der Waals surface area (Å²) < 4.78 is 5.92. The van der Waals surface area contributed by atoms with Crippen LogP contribution in [0.1, 0.15) is 46.5 Å². The third kappa shape index (κ3) is 1.98. The Hall–Kier alpha value is -0.650. The van der Waals surface area contributed by atoms with E-state index in [0.717, 1.165) is 25.7 Å². The molecule has 1 unspecified atom stereocenters. The van der Waals surface area contributed by atoms with E-state index in [1.807, 2.05) is 6.92 Å². The van der Waals surface area contributed by atoms with Crippen molar-refractivity contribution in [2.24, 2.45) is 23.7 Å². The van der Waals surface area contributed by atoms with Crippen molar-refractivity contribution in [2.75, 3.05) is 6.61 Å². The molecule has 3 heterocycles. The normalized spacial score (nSPS) is 49.2. The molecule has 5 nitrogen and oxygen atoms in total. The molecule has 0 radical (unpaired) electrons. The Bertz CT molecular complexity index is 399. The van der Waals surface area contributed by atoms with Gasteiger partial charge in [0.05, 0.1) is 12.5 Å². The van der Waals surface area contributed by atoms with E-state index in [1.165, 1.54) is 0 Å². The van der Waals surface area contributed by atoms with Crippen molar-refractivity contribution >= 4 is 5.97 Å². The first kappa shape index (κ1) is 14.3. The average molecular weight is 284 g/mol. The molecule has 114 valence electrons. The van der Waals surface area contributed by atoms with E-state index in [1.54, 1.807) is 6.92 Å². The number of hydrogen-bond donors (Lipinski definition) is 1. The number of aliphatic carboxylic acids is 1. The van der Waals surface area contributed by atoms with Gasteiger partial charge >= 0.3 is 5.97 Å². The predicted molar refractivity (Wildman–Crippen MR) is 70.7 cm³/mol. The van der Waals surface area contributed by atoms with Gasteiger partial charge < -0.3 is 9.84 Å². The van der Waals surface area contributed by atoms with Crippen LogP contribution in [-0.4, -0.2) is 29.1 Å². The van der Waals surface area contributed by atoms with Crippen LogP contribution in [0.5, 0.6) is 0 Å². The molecule has 4 rings (SSSR count). The molecule has 1 saturated carbocycles. The van der Waals surface area contributed by atoms with Crippen molar-refractivity contribution in [3.63, 3.8) is 0 Å². The Morgan fingerprint density at radius 3 is 2.65 bits per heavy atom. The SMILES string of the molecule is C[C@@H]1CC[C@@H]([C@@H](C)C(=O)O)[C@@]23CO[C@](C)(CCC12)OO3. The summed E-state index contributed by atoms with van der Waals surface area (Å²) in [6, 6.07) is 0. The minimum absolute atomic E-state index is 0.0520. The van der Waals surface area contributed by atoms with E-state index in [-0.39, 0.29) is 5.92 Å². The molecule has 4 fully saturated rings. The molecule has 3 saturated heterocycles. The van der Waals surface area contributed by atoms with Crippen molar-refractivity contribution in [1.29, 1.82) is 0 Å². The summed E-state index contributed by atoms with van der Waals surface area (Å²) in [6.45, 7) is 6.35. The Morgan fingerprint density at radius 2 is 2.05 bits per heavy atom. The van der Waals surface area contributed by atoms with Gasteiger partial charge in [-0.05, 0) is 38.0 Å². The lowest BCUT2D eigenvalue weighted by Gasteiger charge is -2.52. The third-order valence-electron chi connectivity index (χ3n) is 5.75. The lowest BCUT2D eigenvalue weighted by Crippen LogP contribution is -2.60. The highest BCUT2D eigenvalue weighted by molar-refractivity contribution is 5.70. The fourth-order valence-corrected chi connectivity index (χ4v) is 4.37. The summed E-state index contributed by atoms with van der Waals surface area (Å²) in [6.07, 6.45) is 3.68. The van der Waals surface area contributed by atoms with E-state index < -0.39 is 23.3 Å². The predicted octanol–water partition coefficient (Wildman–Crippen LogP) is 2.60. The molecule has 1 aliphatic carbocycles. The zero-order valence-corrected chi connectivity index (χ0v) is 12.4. The van der Waals surface area contributed by atoms with Gasteiger partial charge in [-0.2, -0.15) is 0 Å². The summed E-state index contributed by atoms with van der Waals surface area (Å²) in [5.74, 6) is -1.10. The van der Waals surface area contributed by atoms with Gasteiger partial charge in [0, 0.05) is 12.3 Å². The quantitative estimate of drug-likeness (QED) is 0.790. The minimum Gasteiger partial charge on any atom is -0.481 e. The lowest BCUT2D eigenvalue weighted by atomic mass is 9.60. The molecule has 20 heavy (non-hydrogen) atoms. The maximum atomic E-state index is 11.4. The summed E-state index contributed by atoms with van der Waals surface area (Å²) in [5.41, 5.74) is -0.592. The van der Waals surface area contributed by atoms with Gasteiger partial charge in [-0.1, -0.05) is 13.8 Å². The van der Waals surface area contributed by atoms with Crippen LogP contribution >= 0.6 is 0 Å². The molecule has 5 heteroatoms. The van der Waals surface area contributed by atoms with Gasteiger partial charge in [-0.3, -0.25) is 4.79 Å². The van der Waals surface area contributed by atoms with Gasteiger partial charge in [0.25, 0.3) is 0 Å². The summed E-state index contributed by atoms with van der Waals surface area (Å²) >= 11 is 0. The smallest absolute Gasteiger partial charge is 0.306 e. The molecule has 0 aromatic heterocycles. The molecule has 0 aromatic carbocycles. The number of ether oxygens (including phenoxy) is 1. The zero-order chi connectivity index (χ0) is 14.5. The topological polar surface area (TPSA) is 65.0 Å². The maximum absolute atomic E-state index is 11.4. The summed E-state index contributed by atoms with van der Waals surface area (Å²) in [5, 5.41) is 9.40. The van der Waals surface area contributed by atoms with Crippen LogP contribution in [0.2, 0.25) is 0 Å². The number of carbonyl (C=O) groups is 1. The minimum atomic E-state index is -0.765. The maximum Gasteiger partial charge on any atom is 0.306 e. The molecule has 0 aromatic rings. The first-order valence-corrected chi connectivity index (χ1v) is 7.61. The highest BCUT2D eigenvalue weighted by Gasteiger charge is 2.61. The van der Waals surface area contributed by atoms with Gasteiger partial charge in [0.15, 0.2) is 5.79 Å². The number of carboxylic acid groups (broad SMARTS) is 1. The van der Waals surface area contributed by atoms with Crippen molar-refractivity contribution in [1.82, 2.24) is 0 Å². The molecule has 3 aliphatic heterocycles. The zero-order valence-electron chi connectivity index (χ0n) is 12.4. The van der Waals surface area contributed by atoms with Crippen LogP contribution in [-0.2, 0) is 19.3 Å². The lowest BCUT2D eigenvalue weighted by molar-refractivity contribution is -0.516. The second-order valence-corrected chi connectivity index (χ2v) is 6.98. The van der Waals surface area contributed by atoms with E-state index in [4.69, 9.17) is 14.5 Å². The molecular weight excluding hydrogens is 260 g/mol. The van der Waals surface area contributed by atoms with Gasteiger partial charge in [0.2, 0.25) is 0 Å². The van der Waals surface area contributed by atoms with Crippen LogP contribution in [0.25, 0.3) is 0 Å². The van der Waals surface area contributed by atoms with Crippen LogP contribution in [0, 0.1) is 23.7 Å². The van der Waals surface area contributed by atoms with Crippen molar-refractivity contribution < 1.29 is 24.4 Å². The molecular formula is C15H24O5. The fourth-order valence-electron chi connectivity index (χ4n) is 4.37. The molecule has 4 aliphatic rings. The van der Waals surface area contributed by atoms with Gasteiger partial charge in [-0.15, -0.1) is 0 Å². The van der Waals surface area contributed by atoms with Crippen molar-refractivity contribution in [2.45, 2.75) is 57.8 Å². The summed E-state index contributed by atoms with van der Waals surface area (Å²) in [4.78, 5) is 22.8. The molecule has 6 atom stereocenters. The van der Waals surface area contributed by atoms with Crippen LogP contribution in [0.4, 0.5) is 0 Å². The second kappa shape index (κ2) is 4.68. The number of carboxylic acids is 1. The Balaban J connectivity index is 1.97. The van der Waals surface area contributed by atoms with Crippen LogP contribution in [0.15, 0.2) is 0 Å². The van der Waals surface area contributed by atoms with Crippen molar-refractivity contribution in [3.8, 4) is 0 Å². The second-order valence-electron chi connectivity index (χ2n) is 6.98. The number of hydrogen-bond acceptors (Lipinski definition) is 4. The Morgan fingerprint density at radius 1 is 1.30 bits per heavy atom. The largest absolute Gasteiger partial charge is 0.481 e. The average Bonchev–Trinajstić information content (AvgIpc) is 2.65. The first-order chi connectivity index (χ1) is 9.38.